The average molecular weight is 285 g/mol. The van der Waals surface area contributed by atoms with E-state index in [-0.39, 0.29) is 6.61 Å². The van der Waals surface area contributed by atoms with Crippen LogP contribution in [-0.2, 0) is 0 Å². The summed E-state index contributed by atoms with van der Waals surface area (Å²) >= 11 is 0. The summed E-state index contributed by atoms with van der Waals surface area (Å²) in [6.45, 7) is 9.77. The number of guanidine groups is 1. The van der Waals surface area contributed by atoms with Crippen molar-refractivity contribution in [3.63, 3.8) is 0 Å². The summed E-state index contributed by atoms with van der Waals surface area (Å²) in [6, 6.07) is 0.375. The molecule has 4 nitrogen and oxygen atoms in total. The second-order valence-corrected chi connectivity index (χ2v) is 6.26. The van der Waals surface area contributed by atoms with Gasteiger partial charge in [0.15, 0.2) is 5.96 Å². The average Bonchev–Trinajstić information content (AvgIpc) is 2.36. The molecule has 0 aliphatic rings. The number of nitrogens with one attached hydrogen (secondary N) is 1. The quantitative estimate of drug-likeness (QED) is 0.404. The van der Waals surface area contributed by atoms with Crippen LogP contribution < -0.4 is 11.1 Å². The van der Waals surface area contributed by atoms with Crippen LogP contribution >= 0.6 is 0 Å². The van der Waals surface area contributed by atoms with Gasteiger partial charge in [0.25, 0.3) is 0 Å². The van der Waals surface area contributed by atoms with Crippen LogP contribution in [0.15, 0.2) is 4.99 Å². The summed E-state index contributed by atoms with van der Waals surface area (Å²) in [6.07, 6.45) is 6.65. The SMILES string of the molecule is CCCC(CCO)CN=C(N)NC(C)CCCC(C)C. The van der Waals surface area contributed by atoms with Gasteiger partial charge >= 0.3 is 0 Å². The lowest BCUT2D eigenvalue weighted by Crippen LogP contribution is -2.38. The lowest BCUT2D eigenvalue weighted by atomic mass is 10.0. The first-order valence-electron chi connectivity index (χ1n) is 8.16. The highest BCUT2D eigenvalue weighted by atomic mass is 16.3. The number of nitrogens with two attached hydrogens (primary N) is 1. The van der Waals surface area contributed by atoms with Crippen molar-refractivity contribution in [1.82, 2.24) is 5.32 Å². The molecule has 0 aromatic rings. The number of rotatable bonds is 11. The number of nitrogens with zero attached hydrogens (tertiary/aromatic N) is 1. The fourth-order valence-electron chi connectivity index (χ4n) is 2.35. The first-order valence-corrected chi connectivity index (χ1v) is 8.16. The Labute approximate surface area is 125 Å². The fraction of sp³-hybridized carbons (Fsp3) is 0.938. The van der Waals surface area contributed by atoms with E-state index in [4.69, 9.17) is 10.8 Å². The molecule has 0 bridgehead atoms. The Hall–Kier alpha value is -0.770. The minimum absolute atomic E-state index is 0.235. The molecule has 2 atom stereocenters. The predicted molar refractivity (Wildman–Crippen MR) is 87.9 cm³/mol. The molecule has 4 heteroatoms. The van der Waals surface area contributed by atoms with Gasteiger partial charge in [-0.2, -0.15) is 0 Å². The molecule has 0 rings (SSSR count). The number of hydrogen-bond donors (Lipinski definition) is 3. The molecule has 120 valence electrons. The maximum atomic E-state index is 9.02. The summed E-state index contributed by atoms with van der Waals surface area (Å²) in [7, 11) is 0. The Morgan fingerprint density at radius 3 is 2.40 bits per heavy atom. The topological polar surface area (TPSA) is 70.6 Å². The van der Waals surface area contributed by atoms with Gasteiger partial charge in [0.1, 0.15) is 0 Å². The molecule has 0 aromatic heterocycles. The van der Waals surface area contributed by atoms with Crippen molar-refractivity contribution in [2.24, 2.45) is 22.6 Å². The predicted octanol–water partition coefficient (Wildman–Crippen LogP) is 2.90. The fourth-order valence-corrected chi connectivity index (χ4v) is 2.35. The second-order valence-electron chi connectivity index (χ2n) is 6.26. The van der Waals surface area contributed by atoms with Crippen molar-refractivity contribution in [2.75, 3.05) is 13.2 Å². The van der Waals surface area contributed by atoms with Crippen LogP contribution in [0.25, 0.3) is 0 Å². The molecule has 0 saturated carbocycles. The zero-order valence-electron chi connectivity index (χ0n) is 13.9. The second kappa shape index (κ2) is 12.0. The van der Waals surface area contributed by atoms with Gasteiger partial charge in [-0.05, 0) is 38.0 Å². The number of aliphatic hydroxyl groups excluding tert-OH is 1. The third kappa shape index (κ3) is 11.1. The maximum absolute atomic E-state index is 9.02. The molecule has 0 spiro atoms. The van der Waals surface area contributed by atoms with E-state index in [0.717, 1.165) is 31.6 Å². The number of hydrogen-bond acceptors (Lipinski definition) is 2. The van der Waals surface area contributed by atoms with Crippen LogP contribution in [0.4, 0.5) is 0 Å². The summed E-state index contributed by atoms with van der Waals surface area (Å²) in [5.74, 6) is 1.75. The molecular weight excluding hydrogens is 250 g/mol. The molecule has 2 unspecified atom stereocenters. The molecular formula is C16H35N3O. The van der Waals surface area contributed by atoms with Crippen LogP contribution in [-0.4, -0.2) is 30.3 Å². The van der Waals surface area contributed by atoms with Crippen molar-refractivity contribution >= 4 is 5.96 Å². The van der Waals surface area contributed by atoms with E-state index in [1.165, 1.54) is 12.8 Å². The first-order chi connectivity index (χ1) is 9.49. The minimum atomic E-state index is 0.235. The highest BCUT2D eigenvalue weighted by molar-refractivity contribution is 5.78. The molecule has 0 heterocycles. The normalized spacial score (nSPS) is 15.4. The van der Waals surface area contributed by atoms with Crippen LogP contribution in [0.2, 0.25) is 0 Å². The van der Waals surface area contributed by atoms with E-state index in [9.17, 15) is 0 Å². The van der Waals surface area contributed by atoms with Gasteiger partial charge in [0, 0.05) is 19.2 Å². The van der Waals surface area contributed by atoms with Crippen molar-refractivity contribution < 1.29 is 5.11 Å². The Balaban J connectivity index is 3.97. The van der Waals surface area contributed by atoms with Crippen LogP contribution in [0.3, 0.4) is 0 Å². The highest BCUT2D eigenvalue weighted by Crippen LogP contribution is 2.11. The lowest BCUT2D eigenvalue weighted by Gasteiger charge is -2.16. The van der Waals surface area contributed by atoms with Gasteiger partial charge in [-0.3, -0.25) is 4.99 Å². The molecule has 0 fully saturated rings. The van der Waals surface area contributed by atoms with Crippen molar-refractivity contribution in [1.29, 1.82) is 0 Å². The van der Waals surface area contributed by atoms with Crippen LogP contribution in [0, 0.1) is 11.8 Å². The van der Waals surface area contributed by atoms with Crippen molar-refractivity contribution in [3.05, 3.63) is 0 Å². The summed E-state index contributed by atoms with van der Waals surface area (Å²) in [4.78, 5) is 4.42. The van der Waals surface area contributed by atoms with Gasteiger partial charge in [-0.1, -0.05) is 40.0 Å². The monoisotopic (exact) mass is 285 g/mol. The molecule has 0 aromatic carbocycles. The van der Waals surface area contributed by atoms with Gasteiger partial charge in [-0.15, -0.1) is 0 Å². The minimum Gasteiger partial charge on any atom is -0.396 e. The van der Waals surface area contributed by atoms with Crippen LogP contribution in [0.1, 0.15) is 66.2 Å². The van der Waals surface area contributed by atoms with E-state index < -0.39 is 0 Å². The van der Waals surface area contributed by atoms with Crippen molar-refractivity contribution in [3.8, 4) is 0 Å². The van der Waals surface area contributed by atoms with E-state index in [0.29, 0.717) is 24.5 Å². The smallest absolute Gasteiger partial charge is 0.188 e. The number of aliphatic imine (C=N–C) groups is 1. The van der Waals surface area contributed by atoms with E-state index >= 15 is 0 Å². The zero-order valence-corrected chi connectivity index (χ0v) is 13.9. The van der Waals surface area contributed by atoms with Gasteiger partial charge in [0.2, 0.25) is 0 Å². The molecule has 0 saturated heterocycles. The Kier molecular flexibility index (Phi) is 11.5. The third-order valence-corrected chi connectivity index (χ3v) is 3.57. The third-order valence-electron chi connectivity index (χ3n) is 3.57. The van der Waals surface area contributed by atoms with E-state index in [1.54, 1.807) is 0 Å². The molecule has 0 amide bonds. The summed E-state index contributed by atoms with van der Waals surface area (Å²) < 4.78 is 0. The molecule has 4 N–H and O–H groups in total. The first kappa shape index (κ1) is 19.2. The standard InChI is InChI=1S/C16H35N3O/c1-5-7-15(10-11-20)12-18-16(17)19-14(4)9-6-8-13(2)3/h13-15,20H,5-12H2,1-4H3,(H3,17,18,19). The largest absolute Gasteiger partial charge is 0.396 e. The summed E-state index contributed by atoms with van der Waals surface area (Å²) in [5, 5.41) is 12.3. The van der Waals surface area contributed by atoms with Gasteiger partial charge < -0.3 is 16.2 Å². The lowest BCUT2D eigenvalue weighted by molar-refractivity contribution is 0.253. The van der Waals surface area contributed by atoms with E-state index in [2.05, 4.69) is 38.0 Å². The molecule has 20 heavy (non-hydrogen) atoms. The number of aliphatic hydroxyl groups is 1. The molecule has 0 aliphatic carbocycles. The Morgan fingerprint density at radius 1 is 1.15 bits per heavy atom. The van der Waals surface area contributed by atoms with Gasteiger partial charge in [-0.25, -0.2) is 0 Å². The molecule has 0 aliphatic heterocycles. The van der Waals surface area contributed by atoms with E-state index in [1.807, 2.05) is 0 Å². The molecule has 0 radical (unpaired) electrons. The van der Waals surface area contributed by atoms with Crippen LogP contribution in [0.5, 0.6) is 0 Å². The highest BCUT2D eigenvalue weighted by Gasteiger charge is 2.08. The Bertz CT molecular complexity index is 248. The van der Waals surface area contributed by atoms with Crippen molar-refractivity contribution in [2.45, 2.75) is 72.3 Å². The maximum Gasteiger partial charge on any atom is 0.188 e. The zero-order chi connectivity index (χ0) is 15.4. The summed E-state index contributed by atoms with van der Waals surface area (Å²) in [5.41, 5.74) is 5.92. The Morgan fingerprint density at radius 2 is 1.85 bits per heavy atom. The van der Waals surface area contributed by atoms with Gasteiger partial charge in [0.05, 0.1) is 0 Å².